The SMILES string of the molecule is Cc1nc2cc(CNC3CCCC3N)ccc2o1. The molecule has 1 fully saturated rings. The van der Waals surface area contributed by atoms with Gasteiger partial charge in [-0.2, -0.15) is 0 Å². The summed E-state index contributed by atoms with van der Waals surface area (Å²) < 4.78 is 5.47. The lowest BCUT2D eigenvalue weighted by molar-refractivity contribution is 0.475. The molecule has 2 atom stereocenters. The summed E-state index contributed by atoms with van der Waals surface area (Å²) in [5.41, 5.74) is 9.07. The lowest BCUT2D eigenvalue weighted by Crippen LogP contribution is -2.40. The van der Waals surface area contributed by atoms with Crippen molar-refractivity contribution in [3.63, 3.8) is 0 Å². The molecule has 0 spiro atoms. The third-order valence-electron chi connectivity index (χ3n) is 3.70. The summed E-state index contributed by atoms with van der Waals surface area (Å²) in [6.07, 6.45) is 3.56. The number of aromatic nitrogens is 1. The first-order valence-electron chi connectivity index (χ1n) is 6.57. The Hall–Kier alpha value is -1.39. The standard InChI is InChI=1S/C14H19N3O/c1-9-17-13-7-10(5-6-14(13)18-9)8-16-12-4-2-3-11(12)15/h5-7,11-12,16H,2-4,8,15H2,1H3. The normalized spacial score (nSPS) is 23.9. The highest BCUT2D eigenvalue weighted by molar-refractivity contribution is 5.73. The molecule has 3 N–H and O–H groups in total. The Morgan fingerprint density at radius 1 is 1.44 bits per heavy atom. The van der Waals surface area contributed by atoms with Crippen LogP contribution in [0.3, 0.4) is 0 Å². The summed E-state index contributed by atoms with van der Waals surface area (Å²) in [7, 11) is 0. The molecular weight excluding hydrogens is 226 g/mol. The zero-order chi connectivity index (χ0) is 12.5. The first-order chi connectivity index (χ1) is 8.72. The van der Waals surface area contributed by atoms with Crippen LogP contribution in [0.2, 0.25) is 0 Å². The predicted octanol–water partition coefficient (Wildman–Crippen LogP) is 2.11. The van der Waals surface area contributed by atoms with Gasteiger partial charge in [-0.25, -0.2) is 4.98 Å². The van der Waals surface area contributed by atoms with Crippen LogP contribution >= 0.6 is 0 Å². The predicted molar refractivity (Wildman–Crippen MR) is 71.2 cm³/mol. The highest BCUT2D eigenvalue weighted by atomic mass is 16.3. The molecule has 0 saturated heterocycles. The first-order valence-corrected chi connectivity index (χ1v) is 6.57. The van der Waals surface area contributed by atoms with Crippen LogP contribution in [0.25, 0.3) is 11.1 Å². The Labute approximate surface area is 107 Å². The smallest absolute Gasteiger partial charge is 0.192 e. The van der Waals surface area contributed by atoms with Gasteiger partial charge < -0.3 is 15.5 Å². The van der Waals surface area contributed by atoms with E-state index in [2.05, 4.69) is 22.4 Å². The van der Waals surface area contributed by atoms with Crippen LogP contribution in [0.1, 0.15) is 30.7 Å². The molecule has 4 heteroatoms. The minimum Gasteiger partial charge on any atom is -0.441 e. The number of nitrogens with zero attached hydrogens (tertiary/aromatic N) is 1. The van der Waals surface area contributed by atoms with Gasteiger partial charge in [0.1, 0.15) is 5.52 Å². The molecule has 2 aromatic rings. The number of rotatable bonds is 3. The summed E-state index contributed by atoms with van der Waals surface area (Å²) in [4.78, 5) is 4.35. The maximum absolute atomic E-state index is 6.05. The number of fused-ring (bicyclic) bond motifs is 1. The van der Waals surface area contributed by atoms with Crippen molar-refractivity contribution in [2.45, 2.75) is 44.8 Å². The van der Waals surface area contributed by atoms with Crippen molar-refractivity contribution in [1.82, 2.24) is 10.3 Å². The second kappa shape index (κ2) is 4.71. The molecule has 2 unspecified atom stereocenters. The van der Waals surface area contributed by atoms with E-state index in [1.54, 1.807) is 0 Å². The topological polar surface area (TPSA) is 64.1 Å². The van der Waals surface area contributed by atoms with Crippen LogP contribution in [0.4, 0.5) is 0 Å². The van der Waals surface area contributed by atoms with E-state index in [4.69, 9.17) is 10.2 Å². The summed E-state index contributed by atoms with van der Waals surface area (Å²) >= 11 is 0. The van der Waals surface area contributed by atoms with Crippen LogP contribution < -0.4 is 11.1 Å². The van der Waals surface area contributed by atoms with E-state index < -0.39 is 0 Å². The van der Waals surface area contributed by atoms with Gasteiger partial charge >= 0.3 is 0 Å². The third-order valence-corrected chi connectivity index (χ3v) is 3.70. The van der Waals surface area contributed by atoms with Crippen LogP contribution in [0.15, 0.2) is 22.6 Å². The molecule has 0 bridgehead atoms. The van der Waals surface area contributed by atoms with Crippen LogP contribution in [-0.4, -0.2) is 17.1 Å². The van der Waals surface area contributed by atoms with Crippen molar-refractivity contribution in [3.05, 3.63) is 29.7 Å². The van der Waals surface area contributed by atoms with Crippen molar-refractivity contribution >= 4 is 11.1 Å². The molecule has 1 aromatic heterocycles. The minimum atomic E-state index is 0.308. The second-order valence-electron chi connectivity index (χ2n) is 5.12. The van der Waals surface area contributed by atoms with E-state index in [0.29, 0.717) is 18.0 Å². The van der Waals surface area contributed by atoms with Crippen molar-refractivity contribution in [2.24, 2.45) is 5.73 Å². The summed E-state index contributed by atoms with van der Waals surface area (Å²) in [6.45, 7) is 2.72. The van der Waals surface area contributed by atoms with E-state index >= 15 is 0 Å². The van der Waals surface area contributed by atoms with Gasteiger partial charge in [0.05, 0.1) is 0 Å². The monoisotopic (exact) mass is 245 g/mol. The van der Waals surface area contributed by atoms with E-state index in [0.717, 1.165) is 24.1 Å². The van der Waals surface area contributed by atoms with E-state index in [-0.39, 0.29) is 0 Å². The minimum absolute atomic E-state index is 0.308. The van der Waals surface area contributed by atoms with Gasteiger partial charge in [0.25, 0.3) is 0 Å². The fraction of sp³-hybridized carbons (Fsp3) is 0.500. The molecule has 0 amide bonds. The summed E-state index contributed by atoms with van der Waals surface area (Å²) in [5, 5.41) is 3.54. The lowest BCUT2D eigenvalue weighted by atomic mass is 10.1. The van der Waals surface area contributed by atoms with Gasteiger partial charge in [-0.05, 0) is 30.5 Å². The Morgan fingerprint density at radius 2 is 2.33 bits per heavy atom. The lowest BCUT2D eigenvalue weighted by Gasteiger charge is -2.17. The van der Waals surface area contributed by atoms with Gasteiger partial charge in [-0.15, -0.1) is 0 Å². The number of nitrogens with one attached hydrogen (secondary N) is 1. The van der Waals surface area contributed by atoms with Gasteiger partial charge in [0.15, 0.2) is 11.5 Å². The van der Waals surface area contributed by atoms with Crippen LogP contribution in [0.5, 0.6) is 0 Å². The highest BCUT2D eigenvalue weighted by Gasteiger charge is 2.22. The maximum Gasteiger partial charge on any atom is 0.192 e. The zero-order valence-corrected chi connectivity index (χ0v) is 10.6. The number of hydrogen-bond donors (Lipinski definition) is 2. The third kappa shape index (κ3) is 2.26. The van der Waals surface area contributed by atoms with Gasteiger partial charge in [-0.1, -0.05) is 12.5 Å². The van der Waals surface area contributed by atoms with Crippen molar-refractivity contribution < 1.29 is 4.42 Å². The highest BCUT2D eigenvalue weighted by Crippen LogP contribution is 2.19. The average molecular weight is 245 g/mol. The molecule has 1 heterocycles. The molecule has 18 heavy (non-hydrogen) atoms. The maximum atomic E-state index is 6.05. The van der Waals surface area contributed by atoms with Crippen molar-refractivity contribution in [1.29, 1.82) is 0 Å². The zero-order valence-electron chi connectivity index (χ0n) is 10.6. The molecule has 1 aliphatic carbocycles. The molecule has 0 aliphatic heterocycles. The average Bonchev–Trinajstić information content (AvgIpc) is 2.90. The molecule has 0 radical (unpaired) electrons. The molecule has 1 aromatic carbocycles. The molecule has 1 saturated carbocycles. The number of benzene rings is 1. The Kier molecular flexibility index (Phi) is 3.06. The van der Waals surface area contributed by atoms with Gasteiger partial charge in [0, 0.05) is 25.6 Å². The number of oxazole rings is 1. The number of nitrogens with two attached hydrogens (primary N) is 1. The van der Waals surface area contributed by atoms with Crippen LogP contribution in [0, 0.1) is 6.92 Å². The number of hydrogen-bond acceptors (Lipinski definition) is 4. The van der Waals surface area contributed by atoms with E-state index in [1.807, 2.05) is 13.0 Å². The van der Waals surface area contributed by atoms with E-state index in [1.165, 1.54) is 18.4 Å². The molecule has 3 rings (SSSR count). The van der Waals surface area contributed by atoms with Crippen molar-refractivity contribution in [2.75, 3.05) is 0 Å². The number of aryl methyl sites for hydroxylation is 1. The molecule has 1 aliphatic rings. The van der Waals surface area contributed by atoms with Gasteiger partial charge in [0.2, 0.25) is 0 Å². The molecule has 4 nitrogen and oxygen atoms in total. The van der Waals surface area contributed by atoms with Gasteiger partial charge in [-0.3, -0.25) is 0 Å². The molecular formula is C14H19N3O. The van der Waals surface area contributed by atoms with Crippen LogP contribution in [-0.2, 0) is 6.54 Å². The molecule has 96 valence electrons. The fourth-order valence-corrected chi connectivity index (χ4v) is 2.69. The Morgan fingerprint density at radius 3 is 3.11 bits per heavy atom. The quantitative estimate of drug-likeness (QED) is 0.869. The summed E-state index contributed by atoms with van der Waals surface area (Å²) in [5.74, 6) is 0.716. The first kappa shape index (κ1) is 11.7. The Balaban J connectivity index is 1.70. The van der Waals surface area contributed by atoms with E-state index in [9.17, 15) is 0 Å². The van der Waals surface area contributed by atoms with Crippen molar-refractivity contribution in [3.8, 4) is 0 Å². The summed E-state index contributed by atoms with van der Waals surface area (Å²) in [6, 6.07) is 6.92. The largest absolute Gasteiger partial charge is 0.441 e. The Bertz CT molecular complexity index is 549. The second-order valence-corrected chi connectivity index (χ2v) is 5.12. The fourth-order valence-electron chi connectivity index (χ4n) is 2.69.